The quantitative estimate of drug-likeness (QED) is 0.425. The van der Waals surface area contributed by atoms with E-state index in [1.54, 1.807) is 0 Å². The van der Waals surface area contributed by atoms with Gasteiger partial charge in [0.15, 0.2) is 0 Å². The zero-order valence-corrected chi connectivity index (χ0v) is 9.19. The molecule has 4 atom stereocenters. The number of carbonyl (C=O) groups is 2. The van der Waals surface area contributed by atoms with Crippen molar-refractivity contribution < 1.29 is 9.59 Å². The van der Waals surface area contributed by atoms with Gasteiger partial charge in [0.25, 0.3) is 0 Å². The summed E-state index contributed by atoms with van der Waals surface area (Å²) in [7, 11) is 0. The Morgan fingerprint density at radius 2 is 1.73 bits per heavy atom. The molecule has 0 radical (unpaired) electrons. The minimum Gasteiger partial charge on any atom is -0.281 e. The molecule has 4 unspecified atom stereocenters. The van der Waals surface area contributed by atoms with Crippen LogP contribution in [-0.2, 0) is 9.59 Å². The van der Waals surface area contributed by atoms with Gasteiger partial charge >= 0.3 is 0 Å². The van der Waals surface area contributed by atoms with Crippen LogP contribution in [0.4, 0.5) is 0 Å². The number of allylic oxidation sites excluding steroid dienone is 2. The topological polar surface area (TPSA) is 37.4 Å². The molecule has 3 rings (SSSR count). The summed E-state index contributed by atoms with van der Waals surface area (Å²) in [6.07, 6.45) is 5.23. The summed E-state index contributed by atoms with van der Waals surface area (Å²) in [6.45, 7) is 0.465. The summed E-state index contributed by atoms with van der Waals surface area (Å²) in [4.78, 5) is 25.4. The summed E-state index contributed by atoms with van der Waals surface area (Å²) < 4.78 is 0. The predicted molar refractivity (Wildman–Crippen MR) is 58.3 cm³/mol. The molecule has 15 heavy (non-hydrogen) atoms. The Bertz CT molecular complexity index is 336. The number of amides is 2. The van der Waals surface area contributed by atoms with Crippen LogP contribution in [0.3, 0.4) is 0 Å². The molecule has 0 aromatic carbocycles. The minimum atomic E-state index is -0.0487. The van der Waals surface area contributed by atoms with E-state index in [-0.39, 0.29) is 23.7 Å². The molecule has 4 heteroatoms. The average Bonchev–Trinajstić information content (AvgIpc) is 2.87. The number of nitrogens with zero attached hydrogens (tertiary/aromatic N) is 1. The number of imide groups is 1. The summed E-state index contributed by atoms with van der Waals surface area (Å²) in [5, 5.41) is 0. The molecule has 0 N–H and O–H groups in total. The molecule has 3 nitrogen and oxygen atoms in total. The first kappa shape index (κ1) is 9.46. The van der Waals surface area contributed by atoms with E-state index in [1.165, 1.54) is 4.90 Å². The van der Waals surface area contributed by atoms with Crippen LogP contribution < -0.4 is 0 Å². The van der Waals surface area contributed by atoms with Crippen LogP contribution in [-0.4, -0.2) is 29.0 Å². The van der Waals surface area contributed by atoms with Gasteiger partial charge in [-0.1, -0.05) is 12.2 Å². The Morgan fingerprint density at radius 3 is 2.20 bits per heavy atom. The Kier molecular flexibility index (Phi) is 1.96. The fourth-order valence-corrected chi connectivity index (χ4v) is 3.48. The Morgan fingerprint density at radius 1 is 1.20 bits per heavy atom. The van der Waals surface area contributed by atoms with Crippen molar-refractivity contribution in [2.24, 2.45) is 23.7 Å². The lowest BCUT2D eigenvalue weighted by Crippen LogP contribution is -2.34. The van der Waals surface area contributed by atoms with Crippen LogP contribution in [0.2, 0.25) is 0 Å². The fraction of sp³-hybridized carbons (Fsp3) is 0.636. The SMILES string of the molecule is O=C1C2C3C=CC(C3)C2C(=O)N1CCS. The standard InChI is InChI=1S/C11H13NO2S/c13-10-8-6-1-2-7(5-6)9(8)11(14)12(10)3-4-15/h1-2,6-9,15H,3-5H2. The van der Waals surface area contributed by atoms with Crippen molar-refractivity contribution in [1.82, 2.24) is 4.90 Å². The highest BCUT2D eigenvalue weighted by molar-refractivity contribution is 7.80. The summed E-state index contributed by atoms with van der Waals surface area (Å²) >= 11 is 4.08. The molecule has 2 amide bonds. The Hall–Kier alpha value is -0.770. The number of fused-ring (bicyclic) bond motifs is 5. The summed E-state index contributed by atoms with van der Waals surface area (Å²) in [5.74, 6) is 1.17. The first-order valence-electron chi connectivity index (χ1n) is 5.38. The highest BCUT2D eigenvalue weighted by atomic mass is 32.1. The second-order valence-corrected chi connectivity index (χ2v) is 5.00. The van der Waals surface area contributed by atoms with Gasteiger partial charge in [-0.3, -0.25) is 14.5 Å². The van der Waals surface area contributed by atoms with Crippen molar-refractivity contribution in [2.75, 3.05) is 12.3 Å². The normalized spacial score (nSPS) is 41.8. The molecule has 2 bridgehead atoms. The lowest BCUT2D eigenvalue weighted by molar-refractivity contribution is -0.140. The molecule has 1 saturated heterocycles. The molecule has 0 aromatic heterocycles. The number of hydrogen-bond acceptors (Lipinski definition) is 3. The van der Waals surface area contributed by atoms with E-state index < -0.39 is 0 Å². The van der Waals surface area contributed by atoms with Gasteiger partial charge in [-0.25, -0.2) is 0 Å². The van der Waals surface area contributed by atoms with E-state index in [1.807, 2.05) is 0 Å². The largest absolute Gasteiger partial charge is 0.281 e. The predicted octanol–water partition coefficient (Wildman–Crippen LogP) is 0.723. The second-order valence-electron chi connectivity index (χ2n) is 4.55. The monoisotopic (exact) mass is 223 g/mol. The van der Waals surface area contributed by atoms with Gasteiger partial charge in [-0.2, -0.15) is 12.6 Å². The smallest absolute Gasteiger partial charge is 0.233 e. The summed E-state index contributed by atoms with van der Waals surface area (Å²) in [5.41, 5.74) is 0. The van der Waals surface area contributed by atoms with E-state index in [2.05, 4.69) is 24.8 Å². The molecule has 1 heterocycles. The zero-order valence-electron chi connectivity index (χ0n) is 8.30. The van der Waals surface area contributed by atoms with Gasteiger partial charge in [0.1, 0.15) is 0 Å². The van der Waals surface area contributed by atoms with Gasteiger partial charge in [0.05, 0.1) is 11.8 Å². The average molecular weight is 223 g/mol. The van der Waals surface area contributed by atoms with Crippen LogP contribution in [0.1, 0.15) is 6.42 Å². The van der Waals surface area contributed by atoms with Gasteiger partial charge in [0, 0.05) is 12.3 Å². The molecule has 1 aliphatic heterocycles. The molecule has 2 aliphatic carbocycles. The zero-order chi connectivity index (χ0) is 10.6. The molecule has 80 valence electrons. The molecular weight excluding hydrogens is 210 g/mol. The van der Waals surface area contributed by atoms with Crippen molar-refractivity contribution in [3.05, 3.63) is 12.2 Å². The Balaban J connectivity index is 1.93. The third kappa shape index (κ3) is 1.08. The van der Waals surface area contributed by atoms with Gasteiger partial charge in [0.2, 0.25) is 11.8 Å². The lowest BCUT2D eigenvalue weighted by atomic mass is 9.85. The Labute approximate surface area is 93.9 Å². The lowest BCUT2D eigenvalue weighted by Gasteiger charge is -2.15. The molecule has 1 saturated carbocycles. The van der Waals surface area contributed by atoms with Crippen LogP contribution in [0.5, 0.6) is 0 Å². The highest BCUT2D eigenvalue weighted by Gasteiger charge is 2.58. The van der Waals surface area contributed by atoms with Crippen LogP contribution in [0, 0.1) is 23.7 Å². The van der Waals surface area contributed by atoms with E-state index in [9.17, 15) is 9.59 Å². The number of hydrogen-bond donors (Lipinski definition) is 1. The van der Waals surface area contributed by atoms with Gasteiger partial charge in [-0.05, 0) is 18.3 Å². The van der Waals surface area contributed by atoms with Crippen molar-refractivity contribution in [3.8, 4) is 0 Å². The minimum absolute atomic E-state index is 0.0379. The van der Waals surface area contributed by atoms with Crippen LogP contribution in [0.15, 0.2) is 12.2 Å². The maximum atomic E-state index is 12.0. The number of rotatable bonds is 2. The molecule has 0 aromatic rings. The van der Waals surface area contributed by atoms with Crippen LogP contribution >= 0.6 is 12.6 Å². The molecular formula is C11H13NO2S. The third-order valence-electron chi connectivity index (χ3n) is 3.89. The van der Waals surface area contributed by atoms with Crippen molar-refractivity contribution >= 4 is 24.4 Å². The maximum Gasteiger partial charge on any atom is 0.233 e. The highest BCUT2D eigenvalue weighted by Crippen LogP contribution is 2.52. The van der Waals surface area contributed by atoms with E-state index in [0.717, 1.165) is 6.42 Å². The molecule has 0 spiro atoms. The van der Waals surface area contributed by atoms with Crippen molar-refractivity contribution in [3.63, 3.8) is 0 Å². The van der Waals surface area contributed by atoms with Crippen LogP contribution in [0.25, 0.3) is 0 Å². The van der Waals surface area contributed by atoms with Gasteiger partial charge in [-0.15, -0.1) is 0 Å². The first-order chi connectivity index (χ1) is 7.24. The third-order valence-corrected chi connectivity index (χ3v) is 4.09. The maximum absolute atomic E-state index is 12.0. The second kappa shape index (κ2) is 3.11. The number of likely N-dealkylation sites (tertiary alicyclic amines) is 1. The van der Waals surface area contributed by atoms with E-state index in [4.69, 9.17) is 0 Å². The van der Waals surface area contributed by atoms with Crippen molar-refractivity contribution in [2.45, 2.75) is 6.42 Å². The molecule has 3 aliphatic rings. The summed E-state index contributed by atoms with van der Waals surface area (Å²) in [6, 6.07) is 0. The first-order valence-corrected chi connectivity index (χ1v) is 6.01. The van der Waals surface area contributed by atoms with E-state index in [0.29, 0.717) is 24.1 Å². The van der Waals surface area contributed by atoms with Crippen molar-refractivity contribution in [1.29, 1.82) is 0 Å². The fourth-order valence-electron chi connectivity index (χ4n) is 3.28. The number of carbonyl (C=O) groups excluding carboxylic acids is 2. The van der Waals surface area contributed by atoms with Gasteiger partial charge < -0.3 is 0 Å². The van der Waals surface area contributed by atoms with E-state index >= 15 is 0 Å². The number of thiol groups is 1. The molecule has 2 fully saturated rings.